The molecule has 0 fully saturated rings. The molecule has 7 heteroatoms. The zero-order valence-electron chi connectivity index (χ0n) is 11.6. The van der Waals surface area contributed by atoms with Crippen LogP contribution in [0.2, 0.25) is 0 Å². The van der Waals surface area contributed by atoms with Crippen LogP contribution in [0.4, 0.5) is 0 Å². The Morgan fingerprint density at radius 1 is 1.29 bits per heavy atom. The number of carbonyl (C=O) groups excluding carboxylic acids is 2. The number of ether oxygens (including phenoxy) is 2. The van der Waals surface area contributed by atoms with Crippen LogP contribution in [0.15, 0.2) is 28.8 Å². The third kappa shape index (κ3) is 3.02. The van der Waals surface area contributed by atoms with Gasteiger partial charge in [-0.2, -0.15) is 0 Å². The summed E-state index contributed by atoms with van der Waals surface area (Å²) in [5.41, 5.74) is 5.96. The molecule has 2 N–H and O–H groups in total. The molecule has 1 aromatic carbocycles. The average molecular weight is 290 g/mol. The summed E-state index contributed by atoms with van der Waals surface area (Å²) in [5, 5.41) is 3.56. The van der Waals surface area contributed by atoms with Crippen LogP contribution in [-0.2, 0) is 6.42 Å². The van der Waals surface area contributed by atoms with Gasteiger partial charge in [0.25, 0.3) is 5.88 Å². The van der Waals surface area contributed by atoms with E-state index in [9.17, 15) is 9.59 Å². The Morgan fingerprint density at radius 3 is 2.62 bits per heavy atom. The minimum Gasteiger partial charge on any atom is -0.496 e. The minimum atomic E-state index is -0.633. The molecule has 0 aliphatic rings. The average Bonchev–Trinajstić information content (AvgIpc) is 2.96. The number of hydrogen-bond acceptors (Lipinski definition) is 6. The van der Waals surface area contributed by atoms with Gasteiger partial charge >= 0.3 is 0 Å². The summed E-state index contributed by atoms with van der Waals surface area (Å²) in [7, 11) is 2.86. The molecule has 0 saturated carbocycles. The van der Waals surface area contributed by atoms with Crippen molar-refractivity contribution >= 4 is 11.7 Å². The maximum Gasteiger partial charge on any atom is 0.254 e. The summed E-state index contributed by atoms with van der Waals surface area (Å²) in [6.07, 6.45) is -0.0966. The molecule has 0 unspecified atom stereocenters. The third-order valence-corrected chi connectivity index (χ3v) is 2.93. The highest BCUT2D eigenvalue weighted by Gasteiger charge is 2.20. The van der Waals surface area contributed by atoms with E-state index in [1.54, 1.807) is 12.1 Å². The number of ketones is 1. The standard InChI is InChI=1S/C14H14N2O5/c1-19-11-5-3-4-8(14(15)18)9(11)6-10(17)12-7-13(20-2)16-21-12/h3-5,7H,6H2,1-2H3,(H2,15,18). The summed E-state index contributed by atoms with van der Waals surface area (Å²) in [6, 6.07) is 6.19. The van der Waals surface area contributed by atoms with E-state index < -0.39 is 5.91 Å². The molecule has 0 atom stereocenters. The molecule has 2 rings (SSSR count). The van der Waals surface area contributed by atoms with Gasteiger partial charge < -0.3 is 19.7 Å². The monoisotopic (exact) mass is 290 g/mol. The van der Waals surface area contributed by atoms with E-state index in [0.29, 0.717) is 11.3 Å². The number of benzene rings is 1. The maximum absolute atomic E-state index is 12.2. The van der Waals surface area contributed by atoms with Crippen LogP contribution < -0.4 is 15.2 Å². The highest BCUT2D eigenvalue weighted by atomic mass is 16.5. The molecule has 1 amide bonds. The fourth-order valence-electron chi connectivity index (χ4n) is 1.90. The van der Waals surface area contributed by atoms with Crippen molar-refractivity contribution in [2.45, 2.75) is 6.42 Å². The number of nitrogens with two attached hydrogens (primary N) is 1. The maximum atomic E-state index is 12.2. The van der Waals surface area contributed by atoms with Crippen LogP contribution in [0.5, 0.6) is 11.6 Å². The van der Waals surface area contributed by atoms with Crippen molar-refractivity contribution in [2.24, 2.45) is 5.73 Å². The van der Waals surface area contributed by atoms with E-state index in [4.69, 9.17) is 19.7 Å². The molecule has 0 saturated heterocycles. The Kier molecular flexibility index (Phi) is 4.22. The van der Waals surface area contributed by atoms with E-state index in [-0.39, 0.29) is 29.4 Å². The lowest BCUT2D eigenvalue weighted by molar-refractivity contribution is 0.0955. The summed E-state index contributed by atoms with van der Waals surface area (Å²) < 4.78 is 14.9. The second-order valence-electron chi connectivity index (χ2n) is 4.18. The zero-order valence-corrected chi connectivity index (χ0v) is 11.6. The summed E-state index contributed by atoms with van der Waals surface area (Å²) in [5.74, 6) is -0.350. The lowest BCUT2D eigenvalue weighted by Crippen LogP contribution is -2.16. The van der Waals surface area contributed by atoms with Gasteiger partial charge in [-0.1, -0.05) is 6.07 Å². The molecule has 1 aromatic heterocycles. The van der Waals surface area contributed by atoms with E-state index >= 15 is 0 Å². The Bertz CT molecular complexity index is 678. The zero-order chi connectivity index (χ0) is 15.4. The highest BCUT2D eigenvalue weighted by molar-refractivity contribution is 6.00. The minimum absolute atomic E-state index is 0.0353. The second kappa shape index (κ2) is 6.08. The van der Waals surface area contributed by atoms with Gasteiger partial charge in [-0.15, -0.1) is 0 Å². The van der Waals surface area contributed by atoms with Gasteiger partial charge in [-0.3, -0.25) is 9.59 Å². The number of carbonyl (C=O) groups is 2. The molecule has 0 aliphatic heterocycles. The Labute approximate surface area is 120 Å². The number of amides is 1. The first-order valence-electron chi connectivity index (χ1n) is 6.06. The SMILES string of the molecule is COc1cc(C(=O)Cc2c(OC)cccc2C(N)=O)on1. The van der Waals surface area contributed by atoms with Crippen molar-refractivity contribution < 1.29 is 23.6 Å². The fourth-order valence-corrected chi connectivity index (χ4v) is 1.90. The predicted molar refractivity (Wildman–Crippen MR) is 72.6 cm³/mol. The summed E-state index contributed by atoms with van der Waals surface area (Å²) in [4.78, 5) is 23.6. The first kappa shape index (κ1) is 14.6. The van der Waals surface area contributed by atoms with Crippen LogP contribution in [0, 0.1) is 0 Å². The fraction of sp³-hybridized carbons (Fsp3) is 0.214. The van der Waals surface area contributed by atoms with Gasteiger partial charge in [0.05, 0.1) is 20.3 Å². The van der Waals surface area contributed by atoms with Crippen molar-refractivity contribution in [2.75, 3.05) is 14.2 Å². The topological polar surface area (TPSA) is 105 Å². The van der Waals surface area contributed by atoms with Gasteiger partial charge in [0.15, 0.2) is 0 Å². The van der Waals surface area contributed by atoms with Crippen molar-refractivity contribution in [3.63, 3.8) is 0 Å². The number of primary amides is 1. The molecular formula is C14H14N2O5. The Balaban J connectivity index is 2.33. The molecule has 1 heterocycles. The van der Waals surface area contributed by atoms with E-state index in [1.165, 1.54) is 26.4 Å². The van der Waals surface area contributed by atoms with Crippen LogP contribution in [0.3, 0.4) is 0 Å². The van der Waals surface area contributed by atoms with Crippen LogP contribution in [0.25, 0.3) is 0 Å². The lowest BCUT2D eigenvalue weighted by Gasteiger charge is -2.10. The van der Waals surface area contributed by atoms with Crippen LogP contribution in [0.1, 0.15) is 26.5 Å². The van der Waals surface area contributed by atoms with E-state index in [2.05, 4.69) is 5.16 Å². The van der Waals surface area contributed by atoms with Gasteiger partial charge in [-0.05, 0) is 17.3 Å². The van der Waals surface area contributed by atoms with Crippen molar-refractivity contribution in [3.05, 3.63) is 41.2 Å². The Morgan fingerprint density at radius 2 is 2.05 bits per heavy atom. The Hall–Kier alpha value is -2.83. The highest BCUT2D eigenvalue weighted by Crippen LogP contribution is 2.24. The van der Waals surface area contributed by atoms with Crippen molar-refractivity contribution in [3.8, 4) is 11.6 Å². The van der Waals surface area contributed by atoms with Gasteiger partial charge in [-0.25, -0.2) is 0 Å². The number of aromatic nitrogens is 1. The van der Waals surface area contributed by atoms with Crippen LogP contribution >= 0.6 is 0 Å². The number of rotatable bonds is 6. The smallest absolute Gasteiger partial charge is 0.254 e. The number of Topliss-reactive ketones (excluding diaryl/α,β-unsaturated/α-hetero) is 1. The molecule has 110 valence electrons. The largest absolute Gasteiger partial charge is 0.496 e. The molecule has 21 heavy (non-hydrogen) atoms. The normalized spacial score (nSPS) is 10.2. The second-order valence-corrected chi connectivity index (χ2v) is 4.18. The summed E-state index contributed by atoms with van der Waals surface area (Å²) >= 11 is 0. The molecule has 2 aromatic rings. The quantitative estimate of drug-likeness (QED) is 0.802. The first-order valence-corrected chi connectivity index (χ1v) is 6.06. The summed E-state index contributed by atoms with van der Waals surface area (Å²) in [6.45, 7) is 0. The lowest BCUT2D eigenvalue weighted by atomic mass is 9.99. The third-order valence-electron chi connectivity index (χ3n) is 2.93. The molecule has 0 bridgehead atoms. The first-order chi connectivity index (χ1) is 10.1. The van der Waals surface area contributed by atoms with Gasteiger partial charge in [0, 0.05) is 17.5 Å². The van der Waals surface area contributed by atoms with Gasteiger partial charge in [0.1, 0.15) is 5.75 Å². The molecular weight excluding hydrogens is 276 g/mol. The van der Waals surface area contributed by atoms with Crippen molar-refractivity contribution in [1.29, 1.82) is 0 Å². The van der Waals surface area contributed by atoms with E-state index in [0.717, 1.165) is 0 Å². The van der Waals surface area contributed by atoms with E-state index in [1.807, 2.05) is 0 Å². The number of hydrogen-bond donors (Lipinski definition) is 1. The number of methoxy groups -OCH3 is 2. The molecule has 0 spiro atoms. The van der Waals surface area contributed by atoms with Crippen molar-refractivity contribution in [1.82, 2.24) is 5.16 Å². The van der Waals surface area contributed by atoms with Gasteiger partial charge in [0.2, 0.25) is 17.5 Å². The number of nitrogens with zero attached hydrogens (tertiary/aromatic N) is 1. The molecule has 0 radical (unpaired) electrons. The molecule has 0 aliphatic carbocycles. The van der Waals surface area contributed by atoms with Crippen LogP contribution in [-0.4, -0.2) is 31.1 Å². The molecule has 7 nitrogen and oxygen atoms in total. The predicted octanol–water partition coefficient (Wildman–Crippen LogP) is 1.22.